The predicted molar refractivity (Wildman–Crippen MR) is 71.1 cm³/mol. The number of likely N-dealkylation sites (tertiary alicyclic amines) is 1. The molecule has 1 fully saturated rings. The standard InChI is InChI=1S/C13H16F2N2O.ClH/c14-11-4-3-9(6-12(11)15)7-13(18)17-5-1-2-10(16)8-17;/h3-4,6,10H,1-2,5,7-8,16H2;1H/t10-;/m1./s1. The van der Waals surface area contributed by atoms with Crippen molar-refractivity contribution in [2.45, 2.75) is 25.3 Å². The highest BCUT2D eigenvalue weighted by Crippen LogP contribution is 2.13. The topological polar surface area (TPSA) is 46.3 Å². The van der Waals surface area contributed by atoms with Crippen LogP contribution in [0.15, 0.2) is 18.2 Å². The number of amides is 1. The molecule has 0 radical (unpaired) electrons. The Labute approximate surface area is 117 Å². The van der Waals surface area contributed by atoms with E-state index in [4.69, 9.17) is 5.73 Å². The first-order chi connectivity index (χ1) is 8.56. The van der Waals surface area contributed by atoms with Crippen LogP contribution in [0.4, 0.5) is 8.78 Å². The lowest BCUT2D eigenvalue weighted by atomic mass is 10.0. The molecule has 0 aliphatic carbocycles. The van der Waals surface area contributed by atoms with Crippen molar-refractivity contribution >= 4 is 18.3 Å². The summed E-state index contributed by atoms with van der Waals surface area (Å²) in [6.45, 7) is 1.23. The summed E-state index contributed by atoms with van der Waals surface area (Å²) in [5.74, 6) is -1.90. The lowest BCUT2D eigenvalue weighted by Crippen LogP contribution is -2.46. The van der Waals surface area contributed by atoms with Gasteiger partial charge in [0.25, 0.3) is 0 Å². The number of piperidine rings is 1. The molecule has 1 atom stereocenters. The summed E-state index contributed by atoms with van der Waals surface area (Å²) in [6, 6.07) is 3.56. The van der Waals surface area contributed by atoms with Crippen LogP contribution in [0.2, 0.25) is 0 Å². The first-order valence-corrected chi connectivity index (χ1v) is 6.03. The summed E-state index contributed by atoms with van der Waals surface area (Å²) in [6.07, 6.45) is 1.91. The zero-order valence-corrected chi connectivity index (χ0v) is 11.3. The highest BCUT2D eigenvalue weighted by molar-refractivity contribution is 5.85. The third-order valence-corrected chi connectivity index (χ3v) is 3.15. The van der Waals surface area contributed by atoms with E-state index in [1.165, 1.54) is 6.07 Å². The molecule has 6 heteroatoms. The van der Waals surface area contributed by atoms with Crippen molar-refractivity contribution in [3.05, 3.63) is 35.4 Å². The molecular formula is C13H17ClF2N2O. The Kier molecular flexibility index (Phi) is 5.69. The first-order valence-electron chi connectivity index (χ1n) is 6.03. The maximum absolute atomic E-state index is 13.0. The highest BCUT2D eigenvalue weighted by Gasteiger charge is 2.21. The molecular weight excluding hydrogens is 274 g/mol. The van der Waals surface area contributed by atoms with E-state index in [0.29, 0.717) is 18.7 Å². The molecule has 0 unspecified atom stereocenters. The van der Waals surface area contributed by atoms with E-state index >= 15 is 0 Å². The Balaban J connectivity index is 0.00000180. The maximum atomic E-state index is 13.0. The molecule has 2 N–H and O–H groups in total. The van der Waals surface area contributed by atoms with Gasteiger partial charge in [-0.2, -0.15) is 0 Å². The molecule has 1 aliphatic heterocycles. The minimum Gasteiger partial charge on any atom is -0.341 e. The van der Waals surface area contributed by atoms with Crippen LogP contribution in [0.25, 0.3) is 0 Å². The molecule has 0 saturated carbocycles. The molecule has 106 valence electrons. The van der Waals surface area contributed by atoms with Gasteiger partial charge in [-0.3, -0.25) is 4.79 Å². The van der Waals surface area contributed by atoms with Crippen LogP contribution >= 0.6 is 12.4 Å². The van der Waals surface area contributed by atoms with Crippen molar-refractivity contribution < 1.29 is 13.6 Å². The molecule has 1 amide bonds. The van der Waals surface area contributed by atoms with Crippen molar-refractivity contribution in [3.8, 4) is 0 Å². The largest absolute Gasteiger partial charge is 0.341 e. The van der Waals surface area contributed by atoms with E-state index in [1.807, 2.05) is 0 Å². The maximum Gasteiger partial charge on any atom is 0.227 e. The Morgan fingerprint density at radius 3 is 2.74 bits per heavy atom. The van der Waals surface area contributed by atoms with E-state index in [-0.39, 0.29) is 30.8 Å². The molecule has 19 heavy (non-hydrogen) atoms. The van der Waals surface area contributed by atoms with Gasteiger partial charge in [-0.25, -0.2) is 8.78 Å². The number of carbonyl (C=O) groups excluding carboxylic acids is 1. The van der Waals surface area contributed by atoms with Gasteiger partial charge >= 0.3 is 0 Å². The zero-order valence-electron chi connectivity index (χ0n) is 10.4. The SMILES string of the molecule is Cl.N[C@@H]1CCCN(C(=O)Cc2ccc(F)c(F)c2)C1. The smallest absolute Gasteiger partial charge is 0.227 e. The van der Waals surface area contributed by atoms with Crippen molar-refractivity contribution in [2.24, 2.45) is 5.73 Å². The minimum absolute atomic E-state index is 0. The van der Waals surface area contributed by atoms with Gasteiger partial charge in [0.05, 0.1) is 6.42 Å². The molecule has 1 aliphatic rings. The van der Waals surface area contributed by atoms with Crippen molar-refractivity contribution in [3.63, 3.8) is 0 Å². The average Bonchev–Trinajstić information content (AvgIpc) is 2.34. The van der Waals surface area contributed by atoms with Gasteiger partial charge in [-0.1, -0.05) is 6.07 Å². The van der Waals surface area contributed by atoms with E-state index in [9.17, 15) is 13.6 Å². The van der Waals surface area contributed by atoms with E-state index in [1.54, 1.807) is 4.90 Å². The molecule has 0 aromatic heterocycles. The first kappa shape index (κ1) is 15.9. The Bertz CT molecular complexity index is 456. The van der Waals surface area contributed by atoms with Crippen molar-refractivity contribution in [2.75, 3.05) is 13.1 Å². The van der Waals surface area contributed by atoms with Gasteiger partial charge in [0.15, 0.2) is 11.6 Å². The number of nitrogens with zero attached hydrogens (tertiary/aromatic N) is 1. The third-order valence-electron chi connectivity index (χ3n) is 3.15. The van der Waals surface area contributed by atoms with Crippen molar-refractivity contribution in [1.82, 2.24) is 4.90 Å². The van der Waals surface area contributed by atoms with Crippen LogP contribution < -0.4 is 5.73 Å². The van der Waals surface area contributed by atoms with Gasteiger partial charge in [0, 0.05) is 19.1 Å². The number of halogens is 3. The minimum atomic E-state index is -0.921. The number of hydrogen-bond donors (Lipinski definition) is 1. The molecule has 0 bridgehead atoms. The normalized spacial score (nSPS) is 18.9. The van der Waals surface area contributed by atoms with Crippen LogP contribution in [0.1, 0.15) is 18.4 Å². The summed E-state index contributed by atoms with van der Waals surface area (Å²) >= 11 is 0. The summed E-state index contributed by atoms with van der Waals surface area (Å²) in [7, 11) is 0. The molecule has 1 saturated heterocycles. The van der Waals surface area contributed by atoms with Gasteiger partial charge in [0.1, 0.15) is 0 Å². The number of rotatable bonds is 2. The number of carbonyl (C=O) groups is 1. The van der Waals surface area contributed by atoms with Gasteiger partial charge in [0.2, 0.25) is 5.91 Å². The van der Waals surface area contributed by atoms with Crippen LogP contribution in [-0.2, 0) is 11.2 Å². The third kappa shape index (κ3) is 4.14. The van der Waals surface area contributed by atoms with Gasteiger partial charge < -0.3 is 10.6 Å². The lowest BCUT2D eigenvalue weighted by molar-refractivity contribution is -0.131. The van der Waals surface area contributed by atoms with E-state index in [2.05, 4.69) is 0 Å². The fourth-order valence-electron chi connectivity index (χ4n) is 2.17. The van der Waals surface area contributed by atoms with Crippen LogP contribution in [0, 0.1) is 11.6 Å². The number of nitrogens with two attached hydrogens (primary N) is 1. The number of hydrogen-bond acceptors (Lipinski definition) is 2. The highest BCUT2D eigenvalue weighted by atomic mass is 35.5. The quantitative estimate of drug-likeness (QED) is 0.904. The van der Waals surface area contributed by atoms with Crippen molar-refractivity contribution in [1.29, 1.82) is 0 Å². The zero-order chi connectivity index (χ0) is 13.1. The molecule has 0 spiro atoms. The summed E-state index contributed by atoms with van der Waals surface area (Å²) < 4.78 is 25.8. The Hall–Kier alpha value is -1.20. The second-order valence-electron chi connectivity index (χ2n) is 4.67. The summed E-state index contributed by atoms with van der Waals surface area (Å²) in [5.41, 5.74) is 6.28. The second kappa shape index (κ2) is 6.82. The summed E-state index contributed by atoms with van der Waals surface area (Å²) in [5, 5.41) is 0. The number of benzene rings is 1. The molecule has 1 aromatic carbocycles. The van der Waals surface area contributed by atoms with Crippen LogP contribution in [-0.4, -0.2) is 29.9 Å². The fourth-order valence-corrected chi connectivity index (χ4v) is 2.17. The van der Waals surface area contributed by atoms with Gasteiger partial charge in [-0.05, 0) is 30.5 Å². The summed E-state index contributed by atoms with van der Waals surface area (Å²) in [4.78, 5) is 13.7. The monoisotopic (exact) mass is 290 g/mol. The second-order valence-corrected chi connectivity index (χ2v) is 4.67. The van der Waals surface area contributed by atoms with E-state index < -0.39 is 11.6 Å². The Morgan fingerprint density at radius 1 is 1.37 bits per heavy atom. The fraction of sp³-hybridized carbons (Fsp3) is 0.462. The molecule has 3 nitrogen and oxygen atoms in total. The predicted octanol–water partition coefficient (Wildman–Crippen LogP) is 1.88. The van der Waals surface area contributed by atoms with Gasteiger partial charge in [-0.15, -0.1) is 12.4 Å². The van der Waals surface area contributed by atoms with Crippen LogP contribution in [0.5, 0.6) is 0 Å². The molecule has 2 rings (SSSR count). The van der Waals surface area contributed by atoms with Crippen LogP contribution in [0.3, 0.4) is 0 Å². The lowest BCUT2D eigenvalue weighted by Gasteiger charge is -2.30. The average molecular weight is 291 g/mol. The molecule has 1 aromatic rings. The molecule has 1 heterocycles. The van der Waals surface area contributed by atoms with E-state index in [0.717, 1.165) is 25.0 Å². The Morgan fingerprint density at radius 2 is 2.11 bits per heavy atom.